The van der Waals surface area contributed by atoms with Crippen LogP contribution in [0.15, 0.2) is 79.0 Å². The first kappa shape index (κ1) is 25.1. The lowest BCUT2D eigenvalue weighted by atomic mass is 9.73. The summed E-state index contributed by atoms with van der Waals surface area (Å²) in [4.78, 5) is 12.1. The predicted molar refractivity (Wildman–Crippen MR) is 162 cm³/mol. The molecule has 3 aromatic carbocycles. The number of para-hydroxylation sites is 1. The minimum Gasteiger partial charge on any atom is -0.505 e. The molecule has 0 saturated heterocycles. The van der Waals surface area contributed by atoms with Crippen molar-refractivity contribution in [1.82, 2.24) is 9.97 Å². The van der Waals surface area contributed by atoms with Crippen molar-refractivity contribution in [2.24, 2.45) is 0 Å². The molecule has 6 rings (SSSR count). The molecule has 0 bridgehead atoms. The van der Waals surface area contributed by atoms with E-state index in [0.717, 1.165) is 50.5 Å². The lowest BCUT2D eigenvalue weighted by molar-refractivity contribution is 0.451. The predicted octanol–water partition coefficient (Wildman–Crippen LogP) is 9.03. The van der Waals surface area contributed by atoms with Crippen molar-refractivity contribution in [2.45, 2.75) is 59.3 Å². The van der Waals surface area contributed by atoms with E-state index in [0.29, 0.717) is 5.52 Å². The van der Waals surface area contributed by atoms with Crippen molar-refractivity contribution in [1.29, 1.82) is 0 Å². The van der Waals surface area contributed by atoms with Crippen molar-refractivity contribution in [2.75, 3.05) is 4.90 Å². The van der Waals surface area contributed by atoms with Crippen LogP contribution in [0.1, 0.15) is 62.4 Å². The van der Waals surface area contributed by atoms with Crippen LogP contribution < -0.4 is 4.90 Å². The summed E-state index contributed by atoms with van der Waals surface area (Å²) in [6.07, 6.45) is 1.87. The highest BCUT2D eigenvalue weighted by Gasteiger charge is 2.37. The van der Waals surface area contributed by atoms with Crippen LogP contribution in [-0.4, -0.2) is 15.1 Å². The molecule has 4 heteroatoms. The third kappa shape index (κ3) is 3.97. The van der Waals surface area contributed by atoms with Gasteiger partial charge >= 0.3 is 0 Å². The normalized spacial score (nSPS) is 14.3. The molecule has 0 radical (unpaired) electrons. The van der Waals surface area contributed by atoms with E-state index in [1.165, 1.54) is 11.1 Å². The van der Waals surface area contributed by atoms with Gasteiger partial charge in [-0.05, 0) is 71.8 Å². The van der Waals surface area contributed by atoms with E-state index in [-0.39, 0.29) is 16.6 Å². The van der Waals surface area contributed by atoms with Crippen molar-refractivity contribution >= 4 is 28.1 Å². The number of aryl methyl sites for hydroxylation is 2. The van der Waals surface area contributed by atoms with Gasteiger partial charge in [-0.2, -0.15) is 0 Å². The van der Waals surface area contributed by atoms with Gasteiger partial charge in [-0.3, -0.25) is 4.90 Å². The number of phenols is 1. The summed E-state index contributed by atoms with van der Waals surface area (Å²) in [5.74, 6) is 1.16. The fraction of sp³-hybridized carbons (Fsp3) is 0.257. The average molecular weight is 514 g/mol. The number of phenolic OH excluding ortho intramolecular Hbond substituents is 1. The van der Waals surface area contributed by atoms with Crippen LogP contribution in [0.3, 0.4) is 0 Å². The number of pyridine rings is 2. The number of nitrogens with zero attached hydrogens (tertiary/aromatic N) is 3. The van der Waals surface area contributed by atoms with Gasteiger partial charge in [0.2, 0.25) is 0 Å². The Morgan fingerprint density at radius 3 is 2.31 bits per heavy atom. The number of aromatic nitrogens is 2. The molecular formula is C35H35N3O. The summed E-state index contributed by atoms with van der Waals surface area (Å²) >= 11 is 0. The van der Waals surface area contributed by atoms with E-state index in [1.54, 1.807) is 0 Å². The van der Waals surface area contributed by atoms with Crippen LogP contribution in [0.2, 0.25) is 0 Å². The van der Waals surface area contributed by atoms with Crippen molar-refractivity contribution < 1.29 is 5.11 Å². The Kier molecular flexibility index (Phi) is 5.58. The second-order valence-electron chi connectivity index (χ2n) is 12.3. The highest BCUT2D eigenvalue weighted by Crippen LogP contribution is 2.52. The van der Waals surface area contributed by atoms with Gasteiger partial charge in [0.25, 0.3) is 0 Å². The number of hydrogen-bond acceptors (Lipinski definition) is 4. The number of rotatable bonds is 2. The topological polar surface area (TPSA) is 49.2 Å². The summed E-state index contributed by atoms with van der Waals surface area (Å²) < 4.78 is 0. The summed E-state index contributed by atoms with van der Waals surface area (Å²) in [7, 11) is 0. The summed E-state index contributed by atoms with van der Waals surface area (Å²) in [6, 6.07) is 25.6. The smallest absolute Gasteiger partial charge is 0.145 e. The lowest BCUT2D eigenvalue weighted by Gasteiger charge is -2.41. The van der Waals surface area contributed by atoms with E-state index in [9.17, 15) is 5.11 Å². The Labute approximate surface area is 231 Å². The number of fused-ring (bicyclic) bond motifs is 3. The number of hydrogen-bond donors (Lipinski definition) is 1. The first-order valence-electron chi connectivity index (χ1n) is 13.6. The van der Waals surface area contributed by atoms with Gasteiger partial charge in [-0.1, -0.05) is 77.1 Å². The molecule has 196 valence electrons. The van der Waals surface area contributed by atoms with E-state index >= 15 is 0 Å². The Morgan fingerprint density at radius 1 is 0.821 bits per heavy atom. The molecule has 0 spiro atoms. The standard InChI is InChI=1S/C35H35N3O/c1-21-16-17-36-31(18-21)38-29-11-9-8-10-25(29)35(6,7)26-14-12-23(20-30(26)38)28-15-13-24-22(2)19-27(34(3,4)5)33(39)32(24)37-28/h8-20,39H,1-7H3. The second-order valence-corrected chi connectivity index (χ2v) is 12.3. The fourth-order valence-electron chi connectivity index (χ4n) is 5.95. The molecule has 1 aliphatic rings. The molecular weight excluding hydrogens is 478 g/mol. The molecule has 0 fully saturated rings. The summed E-state index contributed by atoms with van der Waals surface area (Å²) in [5.41, 5.74) is 10.1. The Morgan fingerprint density at radius 2 is 1.56 bits per heavy atom. The monoisotopic (exact) mass is 513 g/mol. The largest absolute Gasteiger partial charge is 0.505 e. The van der Waals surface area contributed by atoms with Crippen LogP contribution in [-0.2, 0) is 10.8 Å². The highest BCUT2D eigenvalue weighted by molar-refractivity contribution is 5.92. The molecule has 1 N–H and O–H groups in total. The quantitative estimate of drug-likeness (QED) is 0.256. The SMILES string of the molecule is Cc1ccnc(N2c3ccccc3C(C)(C)c3ccc(-c4ccc5c(C)cc(C(C)(C)C)c(O)c5n4)cc32)c1. The molecule has 1 aliphatic heterocycles. The number of benzene rings is 3. The van der Waals surface area contributed by atoms with E-state index in [4.69, 9.17) is 9.97 Å². The first-order chi connectivity index (χ1) is 18.5. The van der Waals surface area contributed by atoms with E-state index in [2.05, 4.69) is 120 Å². The minimum atomic E-state index is -0.188. The first-order valence-corrected chi connectivity index (χ1v) is 13.6. The molecule has 0 atom stereocenters. The van der Waals surface area contributed by atoms with Crippen molar-refractivity contribution in [3.63, 3.8) is 0 Å². The Balaban J connectivity index is 1.58. The molecule has 0 saturated carbocycles. The molecule has 0 aliphatic carbocycles. The molecule has 0 amide bonds. The van der Waals surface area contributed by atoms with Gasteiger partial charge in [0, 0.05) is 28.1 Å². The van der Waals surface area contributed by atoms with Crippen LogP contribution in [0.5, 0.6) is 5.75 Å². The van der Waals surface area contributed by atoms with Crippen LogP contribution in [0.4, 0.5) is 17.2 Å². The van der Waals surface area contributed by atoms with Crippen molar-refractivity contribution in [3.05, 3.63) is 107 Å². The number of aromatic hydroxyl groups is 1. The zero-order chi connectivity index (χ0) is 27.7. The Bertz CT molecular complexity index is 1760. The maximum absolute atomic E-state index is 11.3. The summed E-state index contributed by atoms with van der Waals surface area (Å²) in [6.45, 7) is 15.1. The number of anilines is 3. The maximum atomic E-state index is 11.3. The van der Waals surface area contributed by atoms with Crippen LogP contribution in [0, 0.1) is 13.8 Å². The molecule has 39 heavy (non-hydrogen) atoms. The van der Waals surface area contributed by atoms with Gasteiger partial charge in [-0.15, -0.1) is 0 Å². The van der Waals surface area contributed by atoms with Gasteiger partial charge in [0.1, 0.15) is 17.1 Å². The van der Waals surface area contributed by atoms with Gasteiger partial charge < -0.3 is 5.11 Å². The molecule has 2 aromatic heterocycles. The lowest BCUT2D eigenvalue weighted by Crippen LogP contribution is -2.31. The second kappa shape index (κ2) is 8.67. The zero-order valence-electron chi connectivity index (χ0n) is 23.8. The maximum Gasteiger partial charge on any atom is 0.145 e. The highest BCUT2D eigenvalue weighted by atomic mass is 16.3. The molecule has 5 aromatic rings. The molecule has 3 heterocycles. The van der Waals surface area contributed by atoms with Gasteiger partial charge in [0.15, 0.2) is 0 Å². The van der Waals surface area contributed by atoms with Crippen molar-refractivity contribution in [3.8, 4) is 17.0 Å². The zero-order valence-corrected chi connectivity index (χ0v) is 23.8. The third-order valence-corrected chi connectivity index (χ3v) is 8.12. The average Bonchev–Trinajstić information content (AvgIpc) is 2.90. The van der Waals surface area contributed by atoms with E-state index < -0.39 is 0 Å². The van der Waals surface area contributed by atoms with Crippen LogP contribution in [0.25, 0.3) is 22.2 Å². The molecule has 4 nitrogen and oxygen atoms in total. The minimum absolute atomic E-state index is 0.182. The Hall–Kier alpha value is -4.18. The summed E-state index contributed by atoms with van der Waals surface area (Å²) in [5, 5.41) is 12.3. The molecule has 0 unspecified atom stereocenters. The van der Waals surface area contributed by atoms with E-state index in [1.807, 2.05) is 12.3 Å². The van der Waals surface area contributed by atoms with Gasteiger partial charge in [0.05, 0.1) is 17.1 Å². The third-order valence-electron chi connectivity index (χ3n) is 8.12. The fourth-order valence-corrected chi connectivity index (χ4v) is 5.95. The van der Waals surface area contributed by atoms with Crippen LogP contribution >= 0.6 is 0 Å². The van der Waals surface area contributed by atoms with Gasteiger partial charge in [-0.25, -0.2) is 9.97 Å².